The molecule has 0 radical (unpaired) electrons. The zero-order chi connectivity index (χ0) is 16.3. The standard InChI is InChI=1S/C15H9ClFN3O2/c1-9(13-7-12(20(21)22)3-4-14(13)16)19-15-5-2-11(17)6-10(15)8-18/h2-7,19H,1H2. The molecule has 0 saturated heterocycles. The van der Waals surface area contributed by atoms with E-state index < -0.39 is 10.7 Å². The Morgan fingerprint density at radius 3 is 2.73 bits per heavy atom. The highest BCUT2D eigenvalue weighted by Gasteiger charge is 2.13. The summed E-state index contributed by atoms with van der Waals surface area (Å²) in [5.41, 5.74) is 0.863. The number of anilines is 1. The quantitative estimate of drug-likeness (QED) is 0.672. The molecule has 0 saturated carbocycles. The van der Waals surface area contributed by atoms with Gasteiger partial charge in [0.05, 0.1) is 21.2 Å². The van der Waals surface area contributed by atoms with E-state index in [9.17, 15) is 14.5 Å². The number of benzene rings is 2. The Labute approximate surface area is 130 Å². The van der Waals surface area contributed by atoms with Gasteiger partial charge in [-0.1, -0.05) is 18.2 Å². The maximum atomic E-state index is 13.1. The smallest absolute Gasteiger partial charge is 0.270 e. The van der Waals surface area contributed by atoms with Gasteiger partial charge in [0.1, 0.15) is 11.9 Å². The van der Waals surface area contributed by atoms with Crippen LogP contribution in [0, 0.1) is 27.3 Å². The summed E-state index contributed by atoms with van der Waals surface area (Å²) in [5.74, 6) is -0.541. The minimum atomic E-state index is -0.550. The van der Waals surface area contributed by atoms with Crippen LogP contribution in [0.2, 0.25) is 5.02 Å². The Morgan fingerprint density at radius 2 is 2.09 bits per heavy atom. The summed E-state index contributed by atoms with van der Waals surface area (Å²) in [6.07, 6.45) is 0. The molecular formula is C15H9ClFN3O2. The molecule has 0 amide bonds. The molecule has 7 heteroatoms. The van der Waals surface area contributed by atoms with Crippen LogP contribution in [-0.4, -0.2) is 4.92 Å². The lowest BCUT2D eigenvalue weighted by atomic mass is 10.1. The predicted octanol–water partition coefficient (Wildman–Crippen LogP) is 4.34. The van der Waals surface area contributed by atoms with Crippen molar-refractivity contribution in [3.8, 4) is 6.07 Å². The third kappa shape index (κ3) is 3.22. The lowest BCUT2D eigenvalue weighted by Crippen LogP contribution is -2.01. The van der Waals surface area contributed by atoms with Crippen molar-refractivity contribution in [1.29, 1.82) is 5.26 Å². The molecular weight excluding hydrogens is 309 g/mol. The minimum absolute atomic E-state index is 0.0858. The number of non-ortho nitro benzene ring substituents is 1. The van der Waals surface area contributed by atoms with Crippen molar-refractivity contribution in [2.75, 3.05) is 5.32 Å². The molecule has 0 atom stereocenters. The lowest BCUT2D eigenvalue weighted by Gasteiger charge is -2.12. The van der Waals surface area contributed by atoms with Gasteiger partial charge in [0.15, 0.2) is 0 Å². The van der Waals surface area contributed by atoms with Crippen LogP contribution in [0.5, 0.6) is 0 Å². The maximum Gasteiger partial charge on any atom is 0.270 e. The van der Waals surface area contributed by atoms with Crippen LogP contribution in [0.3, 0.4) is 0 Å². The van der Waals surface area contributed by atoms with Crippen LogP contribution < -0.4 is 5.32 Å². The maximum absolute atomic E-state index is 13.1. The predicted molar refractivity (Wildman–Crippen MR) is 81.9 cm³/mol. The van der Waals surface area contributed by atoms with Gasteiger partial charge in [-0.25, -0.2) is 4.39 Å². The number of nitriles is 1. The van der Waals surface area contributed by atoms with Gasteiger partial charge in [-0.05, 0) is 24.3 Å². The molecule has 0 aromatic heterocycles. The molecule has 0 fully saturated rings. The highest BCUT2D eigenvalue weighted by atomic mass is 35.5. The third-order valence-corrected chi connectivity index (χ3v) is 3.20. The van der Waals surface area contributed by atoms with Gasteiger partial charge in [-0.3, -0.25) is 10.1 Å². The van der Waals surface area contributed by atoms with Crippen molar-refractivity contribution >= 4 is 28.7 Å². The summed E-state index contributed by atoms with van der Waals surface area (Å²) < 4.78 is 13.1. The summed E-state index contributed by atoms with van der Waals surface area (Å²) >= 11 is 6.01. The van der Waals surface area contributed by atoms with Crippen LogP contribution in [0.15, 0.2) is 43.0 Å². The van der Waals surface area contributed by atoms with Gasteiger partial charge in [0.2, 0.25) is 0 Å². The van der Waals surface area contributed by atoms with Gasteiger partial charge in [0, 0.05) is 23.4 Å². The van der Waals surface area contributed by atoms with Crippen molar-refractivity contribution in [1.82, 2.24) is 0 Å². The lowest BCUT2D eigenvalue weighted by molar-refractivity contribution is -0.384. The van der Waals surface area contributed by atoms with Crippen molar-refractivity contribution in [2.45, 2.75) is 0 Å². The summed E-state index contributed by atoms with van der Waals surface area (Å²) in [4.78, 5) is 10.3. The Hall–Kier alpha value is -2.91. The van der Waals surface area contributed by atoms with E-state index in [1.165, 1.54) is 30.3 Å². The first-order chi connectivity index (χ1) is 10.4. The average Bonchev–Trinajstić information content (AvgIpc) is 2.49. The second kappa shape index (κ2) is 6.24. The summed E-state index contributed by atoms with van der Waals surface area (Å²) in [7, 11) is 0. The van der Waals surface area contributed by atoms with Gasteiger partial charge < -0.3 is 5.32 Å². The largest absolute Gasteiger partial charge is 0.354 e. The summed E-state index contributed by atoms with van der Waals surface area (Å²) in [6.45, 7) is 3.76. The summed E-state index contributed by atoms with van der Waals surface area (Å²) in [6, 6.07) is 9.43. The van der Waals surface area contributed by atoms with E-state index >= 15 is 0 Å². The van der Waals surface area contributed by atoms with E-state index in [0.29, 0.717) is 11.3 Å². The second-order valence-electron chi connectivity index (χ2n) is 4.33. The van der Waals surface area contributed by atoms with Gasteiger partial charge in [0.25, 0.3) is 5.69 Å². The van der Waals surface area contributed by atoms with Crippen molar-refractivity contribution < 1.29 is 9.31 Å². The van der Waals surface area contributed by atoms with Crippen LogP contribution >= 0.6 is 11.6 Å². The number of nitrogens with zero attached hydrogens (tertiary/aromatic N) is 2. The van der Waals surface area contributed by atoms with Crippen LogP contribution in [-0.2, 0) is 0 Å². The molecule has 0 aliphatic heterocycles. The molecule has 0 heterocycles. The molecule has 0 spiro atoms. The number of nitro groups is 1. The molecule has 1 N–H and O–H groups in total. The molecule has 2 aromatic rings. The highest BCUT2D eigenvalue weighted by molar-refractivity contribution is 6.32. The van der Waals surface area contributed by atoms with Gasteiger partial charge >= 0.3 is 0 Å². The first kappa shape index (κ1) is 15.5. The molecule has 0 unspecified atom stereocenters. The Morgan fingerprint density at radius 1 is 1.36 bits per heavy atom. The number of hydrogen-bond donors (Lipinski definition) is 1. The van der Waals surface area contributed by atoms with E-state index in [1.807, 2.05) is 6.07 Å². The molecule has 2 aromatic carbocycles. The van der Waals surface area contributed by atoms with E-state index in [0.717, 1.165) is 6.07 Å². The van der Waals surface area contributed by atoms with Crippen molar-refractivity contribution in [3.05, 3.63) is 75.1 Å². The molecule has 2 rings (SSSR count). The first-order valence-electron chi connectivity index (χ1n) is 6.02. The summed E-state index contributed by atoms with van der Waals surface area (Å²) in [5, 5.41) is 22.9. The van der Waals surface area contributed by atoms with Crippen molar-refractivity contribution in [2.24, 2.45) is 0 Å². The topological polar surface area (TPSA) is 79.0 Å². The molecule has 22 heavy (non-hydrogen) atoms. The molecule has 0 aliphatic rings. The number of rotatable bonds is 4. The zero-order valence-electron chi connectivity index (χ0n) is 11.1. The fourth-order valence-corrected chi connectivity index (χ4v) is 2.04. The van der Waals surface area contributed by atoms with E-state index in [4.69, 9.17) is 16.9 Å². The van der Waals surface area contributed by atoms with Crippen LogP contribution in [0.25, 0.3) is 5.70 Å². The minimum Gasteiger partial charge on any atom is -0.354 e. The molecule has 0 aliphatic carbocycles. The van der Waals surface area contributed by atoms with Gasteiger partial charge in [-0.2, -0.15) is 5.26 Å². The van der Waals surface area contributed by atoms with E-state index in [2.05, 4.69) is 11.9 Å². The van der Waals surface area contributed by atoms with Crippen LogP contribution in [0.1, 0.15) is 11.1 Å². The second-order valence-corrected chi connectivity index (χ2v) is 4.73. The Balaban J connectivity index is 2.36. The molecule has 0 bridgehead atoms. The number of nitro benzene ring substituents is 1. The SMILES string of the molecule is C=C(Nc1ccc(F)cc1C#N)c1cc([N+](=O)[O-])ccc1Cl. The number of hydrogen-bond acceptors (Lipinski definition) is 4. The fraction of sp³-hybridized carbons (Fsp3) is 0. The van der Waals surface area contributed by atoms with E-state index in [1.54, 1.807) is 0 Å². The monoisotopic (exact) mass is 317 g/mol. The zero-order valence-corrected chi connectivity index (χ0v) is 11.9. The Bertz CT molecular complexity index is 815. The van der Waals surface area contributed by atoms with Crippen LogP contribution in [0.4, 0.5) is 15.8 Å². The average molecular weight is 318 g/mol. The number of nitrogens with one attached hydrogen (secondary N) is 1. The molecule has 110 valence electrons. The van der Waals surface area contributed by atoms with Gasteiger partial charge in [-0.15, -0.1) is 0 Å². The van der Waals surface area contributed by atoms with E-state index in [-0.39, 0.29) is 22.0 Å². The number of halogens is 2. The molecule has 5 nitrogen and oxygen atoms in total. The van der Waals surface area contributed by atoms with Crippen molar-refractivity contribution in [3.63, 3.8) is 0 Å². The Kier molecular flexibility index (Phi) is 4.39. The fourth-order valence-electron chi connectivity index (χ4n) is 1.81. The third-order valence-electron chi connectivity index (χ3n) is 2.87. The highest BCUT2D eigenvalue weighted by Crippen LogP contribution is 2.29. The first-order valence-corrected chi connectivity index (χ1v) is 6.40. The normalized spacial score (nSPS) is 9.86.